The Balaban J connectivity index is 1.37. The van der Waals surface area contributed by atoms with Gasteiger partial charge in [0.1, 0.15) is 0 Å². The summed E-state index contributed by atoms with van der Waals surface area (Å²) < 4.78 is 3.95. The normalized spacial score (nSPS) is 17.4. The number of anilines is 1. The van der Waals surface area contributed by atoms with E-state index < -0.39 is 5.91 Å². The highest BCUT2D eigenvalue weighted by Gasteiger charge is 2.21. The van der Waals surface area contributed by atoms with Crippen LogP contribution in [0.2, 0.25) is 0 Å². The molecule has 9 heteroatoms. The lowest BCUT2D eigenvalue weighted by Crippen LogP contribution is -2.29. The number of carbonyl (C=O) groups is 1. The fourth-order valence-electron chi connectivity index (χ4n) is 5.47. The SMILES string of the molecule is CC(C)n1cc(-c2cn(-c3cccc4c(-c5ccc(C(N)=O)c(NC6CCC(O)CC6)c5)nccc34)cn2)cn1. The van der Waals surface area contributed by atoms with Crippen molar-refractivity contribution in [1.29, 1.82) is 0 Å². The van der Waals surface area contributed by atoms with E-state index in [2.05, 4.69) is 41.4 Å². The third-order valence-corrected chi connectivity index (χ3v) is 7.68. The molecule has 9 nitrogen and oxygen atoms in total. The Morgan fingerprint density at radius 1 is 1.02 bits per heavy atom. The highest BCUT2D eigenvalue weighted by molar-refractivity contribution is 6.02. The number of imidazole rings is 1. The summed E-state index contributed by atoms with van der Waals surface area (Å²) in [5.74, 6) is -0.479. The first-order valence-corrected chi connectivity index (χ1v) is 13.7. The Morgan fingerprint density at radius 3 is 2.60 bits per heavy atom. The summed E-state index contributed by atoms with van der Waals surface area (Å²) in [6.45, 7) is 4.19. The number of amides is 1. The molecule has 5 aromatic rings. The van der Waals surface area contributed by atoms with Crippen molar-refractivity contribution >= 4 is 22.4 Å². The van der Waals surface area contributed by atoms with E-state index in [0.717, 1.165) is 64.7 Å². The molecule has 1 amide bonds. The second-order valence-corrected chi connectivity index (χ2v) is 10.8. The van der Waals surface area contributed by atoms with E-state index in [1.807, 2.05) is 64.6 Å². The number of carbonyl (C=O) groups excluding carboxylic acids is 1. The predicted molar refractivity (Wildman–Crippen MR) is 156 cm³/mol. The van der Waals surface area contributed by atoms with Crippen LogP contribution in [0, 0.1) is 0 Å². The van der Waals surface area contributed by atoms with E-state index in [1.165, 1.54) is 0 Å². The van der Waals surface area contributed by atoms with Crippen LogP contribution in [-0.4, -0.2) is 47.5 Å². The molecule has 1 aliphatic carbocycles. The van der Waals surface area contributed by atoms with Crippen LogP contribution in [-0.2, 0) is 0 Å². The molecular weight excluding hydrogens is 502 g/mol. The third kappa shape index (κ3) is 4.96. The third-order valence-electron chi connectivity index (χ3n) is 7.68. The zero-order valence-corrected chi connectivity index (χ0v) is 22.7. The van der Waals surface area contributed by atoms with Gasteiger partial charge in [-0.25, -0.2) is 4.98 Å². The van der Waals surface area contributed by atoms with Crippen LogP contribution in [0.5, 0.6) is 0 Å². The monoisotopic (exact) mass is 535 g/mol. The second kappa shape index (κ2) is 10.6. The lowest BCUT2D eigenvalue weighted by molar-refractivity contribution is 0.100. The maximum Gasteiger partial charge on any atom is 0.250 e. The number of fused-ring (bicyclic) bond motifs is 1. The number of primary amides is 1. The van der Waals surface area contributed by atoms with Gasteiger partial charge in [-0.3, -0.25) is 14.5 Å². The lowest BCUT2D eigenvalue weighted by atomic mass is 9.92. The van der Waals surface area contributed by atoms with E-state index in [-0.39, 0.29) is 18.2 Å². The van der Waals surface area contributed by atoms with Gasteiger partial charge in [-0.2, -0.15) is 5.10 Å². The Hall–Kier alpha value is -4.50. The second-order valence-electron chi connectivity index (χ2n) is 10.8. The van der Waals surface area contributed by atoms with Crippen LogP contribution in [0.3, 0.4) is 0 Å². The van der Waals surface area contributed by atoms with E-state index >= 15 is 0 Å². The average molecular weight is 536 g/mol. The quantitative estimate of drug-likeness (QED) is 0.258. The zero-order valence-electron chi connectivity index (χ0n) is 22.7. The number of aliphatic hydroxyl groups excluding tert-OH is 1. The van der Waals surface area contributed by atoms with Gasteiger partial charge in [-0.15, -0.1) is 0 Å². The molecule has 6 rings (SSSR count). The van der Waals surface area contributed by atoms with Crippen LogP contribution >= 0.6 is 0 Å². The minimum absolute atomic E-state index is 0.173. The zero-order chi connectivity index (χ0) is 27.8. The van der Waals surface area contributed by atoms with Gasteiger partial charge in [0.05, 0.1) is 41.3 Å². The highest BCUT2D eigenvalue weighted by atomic mass is 16.3. The van der Waals surface area contributed by atoms with E-state index in [9.17, 15) is 9.90 Å². The molecule has 0 atom stereocenters. The van der Waals surface area contributed by atoms with Crippen molar-refractivity contribution in [3.63, 3.8) is 0 Å². The van der Waals surface area contributed by atoms with Crippen molar-refractivity contribution in [2.75, 3.05) is 5.32 Å². The van der Waals surface area contributed by atoms with Gasteiger partial charge < -0.3 is 20.7 Å². The Kier molecular flexibility index (Phi) is 6.81. The minimum Gasteiger partial charge on any atom is -0.393 e. The van der Waals surface area contributed by atoms with E-state index in [4.69, 9.17) is 10.7 Å². The molecule has 0 unspecified atom stereocenters. The van der Waals surface area contributed by atoms with Crippen LogP contribution in [0.15, 0.2) is 73.6 Å². The first-order chi connectivity index (χ1) is 19.4. The van der Waals surface area contributed by atoms with Crippen LogP contribution in [0.1, 0.15) is 55.9 Å². The number of benzene rings is 2. The molecule has 3 aromatic heterocycles. The highest BCUT2D eigenvalue weighted by Crippen LogP contribution is 2.34. The number of aliphatic hydroxyl groups is 1. The number of pyridine rings is 1. The number of hydrogen-bond donors (Lipinski definition) is 3. The fourth-order valence-corrected chi connectivity index (χ4v) is 5.47. The number of hydrogen-bond acceptors (Lipinski definition) is 6. The first-order valence-electron chi connectivity index (χ1n) is 13.7. The van der Waals surface area contributed by atoms with Gasteiger partial charge in [0.25, 0.3) is 5.91 Å². The summed E-state index contributed by atoms with van der Waals surface area (Å²) in [6.07, 6.45) is 12.4. The van der Waals surface area contributed by atoms with Crippen molar-refractivity contribution in [3.05, 3.63) is 79.1 Å². The first kappa shape index (κ1) is 25.8. The summed E-state index contributed by atoms with van der Waals surface area (Å²) in [5.41, 5.74) is 11.4. The maximum absolute atomic E-state index is 12.2. The Morgan fingerprint density at radius 2 is 1.85 bits per heavy atom. The molecule has 40 heavy (non-hydrogen) atoms. The predicted octanol–water partition coefficient (Wildman–Crippen LogP) is 5.35. The summed E-state index contributed by atoms with van der Waals surface area (Å²) in [6, 6.07) is 14.2. The van der Waals surface area contributed by atoms with Crippen molar-refractivity contribution < 1.29 is 9.90 Å². The average Bonchev–Trinajstić information content (AvgIpc) is 3.64. The number of aromatic nitrogens is 5. The fraction of sp³-hybridized carbons (Fsp3) is 0.290. The van der Waals surface area contributed by atoms with Crippen molar-refractivity contribution in [2.24, 2.45) is 5.73 Å². The standard InChI is InChI=1S/C31H33N7O2/c1-19(2)38-16-21(15-35-38)28-17-37(18-34-28)29-5-3-4-25-24(29)12-13-33-30(25)20-6-11-26(31(32)40)27(14-20)36-22-7-9-23(39)10-8-22/h3-6,11-19,22-23,36,39H,7-10H2,1-2H3,(H2,32,40). The number of nitrogens with zero attached hydrogens (tertiary/aromatic N) is 5. The Bertz CT molecular complexity index is 1680. The molecule has 1 fully saturated rings. The molecule has 3 heterocycles. The summed E-state index contributed by atoms with van der Waals surface area (Å²) >= 11 is 0. The number of rotatable bonds is 7. The summed E-state index contributed by atoms with van der Waals surface area (Å²) in [4.78, 5) is 21.6. The molecule has 1 aliphatic rings. The number of nitrogens with two attached hydrogens (primary N) is 1. The van der Waals surface area contributed by atoms with Gasteiger partial charge >= 0.3 is 0 Å². The van der Waals surface area contributed by atoms with Gasteiger partial charge in [0, 0.05) is 58.3 Å². The van der Waals surface area contributed by atoms with Gasteiger partial charge in [-0.1, -0.05) is 18.2 Å². The maximum atomic E-state index is 12.2. The topological polar surface area (TPSA) is 124 Å². The largest absolute Gasteiger partial charge is 0.393 e. The van der Waals surface area contributed by atoms with E-state index in [0.29, 0.717) is 11.3 Å². The smallest absolute Gasteiger partial charge is 0.250 e. The Labute approximate surface area is 232 Å². The summed E-state index contributed by atoms with van der Waals surface area (Å²) in [5, 5.41) is 19.9. The molecule has 0 bridgehead atoms. The minimum atomic E-state index is -0.479. The van der Waals surface area contributed by atoms with Crippen LogP contribution in [0.25, 0.3) is 39.0 Å². The lowest BCUT2D eigenvalue weighted by Gasteiger charge is -2.28. The van der Waals surface area contributed by atoms with Crippen molar-refractivity contribution in [3.8, 4) is 28.2 Å². The molecule has 204 valence electrons. The van der Waals surface area contributed by atoms with Crippen LogP contribution in [0.4, 0.5) is 5.69 Å². The molecule has 4 N–H and O–H groups in total. The molecule has 0 radical (unpaired) electrons. The van der Waals surface area contributed by atoms with Crippen molar-refractivity contribution in [2.45, 2.75) is 57.7 Å². The molecule has 1 saturated carbocycles. The molecule has 0 aliphatic heterocycles. The molecular formula is C31H33N7O2. The van der Waals surface area contributed by atoms with Crippen LogP contribution < -0.4 is 11.1 Å². The van der Waals surface area contributed by atoms with Gasteiger partial charge in [0.15, 0.2) is 0 Å². The molecule has 0 spiro atoms. The van der Waals surface area contributed by atoms with E-state index in [1.54, 1.807) is 6.07 Å². The van der Waals surface area contributed by atoms with Gasteiger partial charge in [-0.05, 0) is 63.8 Å². The molecule has 0 saturated heterocycles. The van der Waals surface area contributed by atoms with Crippen molar-refractivity contribution in [1.82, 2.24) is 24.3 Å². The van der Waals surface area contributed by atoms with Gasteiger partial charge in [0.2, 0.25) is 0 Å². The number of nitrogens with one attached hydrogen (secondary N) is 1. The molecule has 2 aromatic carbocycles. The summed E-state index contributed by atoms with van der Waals surface area (Å²) in [7, 11) is 0.